The molecule has 0 unspecified atom stereocenters. The predicted molar refractivity (Wildman–Crippen MR) is 131 cm³/mol. The molecule has 0 spiro atoms. The summed E-state index contributed by atoms with van der Waals surface area (Å²) in [6, 6.07) is 3.31. The van der Waals surface area contributed by atoms with Crippen molar-refractivity contribution in [1.82, 2.24) is 0 Å². The van der Waals surface area contributed by atoms with E-state index >= 15 is 0 Å². The first-order valence-corrected chi connectivity index (χ1v) is 11.2. The maximum absolute atomic E-state index is 12.9. The Morgan fingerprint density at radius 3 is 2.42 bits per heavy atom. The first-order chi connectivity index (χ1) is 15.3. The maximum atomic E-state index is 12.9. The Morgan fingerprint density at radius 1 is 1.09 bits per heavy atom. The highest BCUT2D eigenvalue weighted by molar-refractivity contribution is 6.00. The lowest BCUT2D eigenvalue weighted by Gasteiger charge is -2.32. The Bertz CT molecular complexity index is 1030. The molecule has 0 radical (unpaired) electrons. The Balaban J connectivity index is 2.03. The summed E-state index contributed by atoms with van der Waals surface area (Å²) < 4.78 is 38.8. The van der Waals surface area contributed by atoms with Crippen molar-refractivity contribution < 1.29 is 18.0 Å². The normalized spacial score (nSPS) is 17.8. The van der Waals surface area contributed by atoms with Gasteiger partial charge in [-0.15, -0.1) is 0 Å². The number of halogens is 3. The smallest absolute Gasteiger partial charge is 0.322 e. The maximum Gasteiger partial charge on any atom is 0.416 e. The van der Waals surface area contributed by atoms with Crippen molar-refractivity contribution in [2.45, 2.75) is 67.0 Å². The van der Waals surface area contributed by atoms with Crippen molar-refractivity contribution in [2.24, 2.45) is 5.41 Å². The molecule has 33 heavy (non-hydrogen) atoms. The monoisotopic (exact) mass is 457 g/mol. The molecule has 1 aliphatic rings. The van der Waals surface area contributed by atoms with Crippen LogP contribution >= 0.6 is 0 Å². The van der Waals surface area contributed by atoms with E-state index in [1.807, 2.05) is 19.1 Å². The van der Waals surface area contributed by atoms with Crippen LogP contribution in [0.3, 0.4) is 0 Å². The minimum Gasteiger partial charge on any atom is -0.322 e. The van der Waals surface area contributed by atoms with E-state index in [4.69, 9.17) is 0 Å². The van der Waals surface area contributed by atoms with Gasteiger partial charge < -0.3 is 5.32 Å². The quantitative estimate of drug-likeness (QED) is 0.337. The predicted octanol–water partition coefficient (Wildman–Crippen LogP) is 8.48. The molecule has 2 rings (SSSR count). The van der Waals surface area contributed by atoms with Crippen molar-refractivity contribution in [3.8, 4) is 0 Å². The third-order valence-corrected chi connectivity index (χ3v) is 5.96. The molecule has 0 fully saturated rings. The zero-order valence-corrected chi connectivity index (χ0v) is 20.4. The molecule has 0 bridgehead atoms. The molecule has 0 saturated heterocycles. The minimum atomic E-state index is -4.46. The third kappa shape index (κ3) is 7.92. The number of hydrogen-bond donors (Lipinski definition) is 1. The molecule has 0 atom stereocenters. The lowest BCUT2D eigenvalue weighted by atomic mass is 9.72. The number of carbonyl (C=O) groups excluding carboxylic acids is 1. The molecule has 1 aliphatic carbocycles. The SMILES string of the molecule is CC1=C(/C=C/C(C)=C/C=C/C(C)=C/C(=O)Nc2cc(C(F)(F)F)ccc2C)C(C)(C)CCC1. The average molecular weight is 458 g/mol. The number of alkyl halides is 3. The van der Waals surface area contributed by atoms with Crippen LogP contribution in [0.2, 0.25) is 0 Å². The van der Waals surface area contributed by atoms with E-state index in [-0.39, 0.29) is 11.1 Å². The highest BCUT2D eigenvalue weighted by Gasteiger charge is 2.31. The van der Waals surface area contributed by atoms with Crippen LogP contribution in [0.25, 0.3) is 0 Å². The van der Waals surface area contributed by atoms with Gasteiger partial charge >= 0.3 is 6.18 Å². The summed E-state index contributed by atoms with van der Waals surface area (Å²) in [5, 5.41) is 2.54. The molecule has 1 aromatic rings. The van der Waals surface area contributed by atoms with Crippen molar-refractivity contribution in [3.05, 3.63) is 88.1 Å². The van der Waals surface area contributed by atoms with E-state index in [0.717, 1.165) is 24.1 Å². The molecule has 0 heterocycles. The lowest BCUT2D eigenvalue weighted by Crippen LogP contribution is -2.19. The molecule has 1 aromatic carbocycles. The second-order valence-electron chi connectivity index (χ2n) is 9.44. The molecule has 0 saturated carbocycles. The Labute approximate surface area is 195 Å². The summed E-state index contributed by atoms with van der Waals surface area (Å²) in [6.45, 7) is 12.2. The van der Waals surface area contributed by atoms with Gasteiger partial charge in [0.1, 0.15) is 0 Å². The summed E-state index contributed by atoms with van der Waals surface area (Å²) in [5.41, 5.74) is 4.75. The van der Waals surface area contributed by atoms with Gasteiger partial charge in [-0.1, -0.05) is 61.4 Å². The first kappa shape index (κ1) is 26.4. The van der Waals surface area contributed by atoms with Crippen LogP contribution in [0.4, 0.5) is 18.9 Å². The van der Waals surface area contributed by atoms with E-state index in [9.17, 15) is 18.0 Å². The van der Waals surface area contributed by atoms with Crippen molar-refractivity contribution >= 4 is 11.6 Å². The van der Waals surface area contributed by atoms with E-state index in [0.29, 0.717) is 11.1 Å². The number of benzene rings is 1. The Morgan fingerprint density at radius 2 is 1.79 bits per heavy atom. The number of aryl methyl sites for hydroxylation is 1. The van der Waals surface area contributed by atoms with Crippen LogP contribution in [-0.4, -0.2) is 5.91 Å². The largest absolute Gasteiger partial charge is 0.416 e. The van der Waals surface area contributed by atoms with E-state index < -0.39 is 17.6 Å². The van der Waals surface area contributed by atoms with Crippen LogP contribution in [0, 0.1) is 12.3 Å². The minimum absolute atomic E-state index is 0.152. The molecular formula is C28H34F3NO. The van der Waals surface area contributed by atoms with Crippen LogP contribution in [0.1, 0.15) is 65.0 Å². The summed E-state index contributed by atoms with van der Waals surface area (Å²) in [6.07, 6.45) is 10.4. The summed E-state index contributed by atoms with van der Waals surface area (Å²) in [5.74, 6) is -0.470. The standard InChI is InChI=1S/C28H34F3NO/c1-19(12-15-24-21(3)11-8-16-27(24,5)6)9-7-10-20(2)17-26(33)32-25-18-23(28(29,30)31)14-13-22(25)4/h7,9-10,12-15,17-18H,8,11,16H2,1-6H3,(H,32,33)/b10-7+,15-12+,19-9+,20-17+. The number of allylic oxidation sites excluding steroid dienone is 9. The zero-order chi connectivity index (χ0) is 24.8. The highest BCUT2D eigenvalue weighted by Crippen LogP contribution is 2.40. The molecular weight excluding hydrogens is 423 g/mol. The van der Waals surface area contributed by atoms with Gasteiger partial charge in [0, 0.05) is 11.8 Å². The number of rotatable bonds is 6. The molecule has 0 aliphatic heterocycles. The number of hydrogen-bond acceptors (Lipinski definition) is 1. The van der Waals surface area contributed by atoms with Gasteiger partial charge in [0.2, 0.25) is 5.91 Å². The first-order valence-electron chi connectivity index (χ1n) is 11.2. The summed E-state index contributed by atoms with van der Waals surface area (Å²) in [7, 11) is 0. The van der Waals surface area contributed by atoms with Crippen molar-refractivity contribution in [1.29, 1.82) is 0 Å². The Hall–Kier alpha value is -2.82. The molecule has 1 N–H and O–H groups in total. The topological polar surface area (TPSA) is 29.1 Å². The molecule has 0 aromatic heterocycles. The number of nitrogens with one attached hydrogen (secondary N) is 1. The van der Waals surface area contributed by atoms with Crippen LogP contribution in [0.15, 0.2) is 76.9 Å². The van der Waals surface area contributed by atoms with E-state index in [1.165, 1.54) is 36.1 Å². The second-order valence-corrected chi connectivity index (χ2v) is 9.44. The number of anilines is 1. The summed E-state index contributed by atoms with van der Waals surface area (Å²) >= 11 is 0. The molecule has 2 nitrogen and oxygen atoms in total. The zero-order valence-electron chi connectivity index (χ0n) is 20.4. The van der Waals surface area contributed by atoms with Gasteiger partial charge in [-0.05, 0) is 81.2 Å². The van der Waals surface area contributed by atoms with E-state index in [2.05, 4.69) is 38.2 Å². The van der Waals surface area contributed by atoms with Crippen LogP contribution in [0.5, 0.6) is 0 Å². The van der Waals surface area contributed by atoms with Gasteiger partial charge in [-0.3, -0.25) is 4.79 Å². The third-order valence-electron chi connectivity index (χ3n) is 5.96. The van der Waals surface area contributed by atoms with Gasteiger partial charge in [-0.25, -0.2) is 0 Å². The van der Waals surface area contributed by atoms with Crippen molar-refractivity contribution in [2.75, 3.05) is 5.32 Å². The number of amides is 1. The Kier molecular flexibility index (Phi) is 8.70. The van der Waals surface area contributed by atoms with Crippen LogP contribution in [-0.2, 0) is 11.0 Å². The fourth-order valence-electron chi connectivity index (χ4n) is 3.99. The summed E-state index contributed by atoms with van der Waals surface area (Å²) in [4.78, 5) is 12.3. The fraction of sp³-hybridized carbons (Fsp3) is 0.393. The lowest BCUT2D eigenvalue weighted by molar-refractivity contribution is -0.137. The fourth-order valence-corrected chi connectivity index (χ4v) is 3.99. The molecule has 5 heteroatoms. The second kappa shape index (κ2) is 10.9. The molecule has 178 valence electrons. The van der Waals surface area contributed by atoms with E-state index in [1.54, 1.807) is 19.9 Å². The molecule has 1 amide bonds. The highest BCUT2D eigenvalue weighted by atomic mass is 19.4. The van der Waals surface area contributed by atoms with Gasteiger partial charge in [0.25, 0.3) is 0 Å². The number of carbonyl (C=O) groups is 1. The van der Waals surface area contributed by atoms with Crippen molar-refractivity contribution in [3.63, 3.8) is 0 Å². The van der Waals surface area contributed by atoms with Gasteiger partial charge in [0.15, 0.2) is 0 Å². The van der Waals surface area contributed by atoms with Gasteiger partial charge in [-0.2, -0.15) is 13.2 Å². The van der Waals surface area contributed by atoms with Crippen LogP contribution < -0.4 is 5.32 Å². The van der Waals surface area contributed by atoms with Gasteiger partial charge in [0.05, 0.1) is 5.56 Å². The average Bonchev–Trinajstić information content (AvgIpc) is 2.67.